The lowest BCUT2D eigenvalue weighted by atomic mass is 10.1. The van der Waals surface area contributed by atoms with Gasteiger partial charge in [0.15, 0.2) is 0 Å². The van der Waals surface area contributed by atoms with Crippen molar-refractivity contribution in [3.63, 3.8) is 0 Å². The molecule has 1 N–H and O–H groups in total. The van der Waals surface area contributed by atoms with Gasteiger partial charge in [-0.05, 0) is 33.6 Å². The fraction of sp³-hybridized carbons (Fsp3) is 0.615. The van der Waals surface area contributed by atoms with Crippen LogP contribution in [-0.4, -0.2) is 27.7 Å². The molecule has 1 aliphatic heterocycles. The first-order valence-corrected chi connectivity index (χ1v) is 6.41. The number of aryl methyl sites for hydroxylation is 1. The van der Waals surface area contributed by atoms with E-state index in [9.17, 15) is 9.59 Å². The molecule has 1 aromatic heterocycles. The number of aromatic nitrogens is 2. The second-order valence-electron chi connectivity index (χ2n) is 5.62. The largest absolute Gasteiger partial charge is 0.459 e. The lowest BCUT2D eigenvalue weighted by Crippen LogP contribution is -2.33. The topological polar surface area (TPSA) is 73.2 Å². The van der Waals surface area contributed by atoms with Crippen LogP contribution >= 0.6 is 0 Å². The van der Waals surface area contributed by atoms with E-state index < -0.39 is 11.6 Å². The third-order valence-electron chi connectivity index (χ3n) is 2.73. The highest BCUT2D eigenvalue weighted by Gasteiger charge is 2.19. The monoisotopic (exact) mass is 265 g/mol. The maximum atomic E-state index is 12.2. The number of hydrogen-bond acceptors (Lipinski definition) is 5. The molecule has 0 saturated heterocycles. The zero-order valence-corrected chi connectivity index (χ0v) is 11.5. The number of anilines is 1. The average Bonchev–Trinajstić information content (AvgIpc) is 2.31. The highest BCUT2D eigenvalue weighted by atomic mass is 16.6. The highest BCUT2D eigenvalue weighted by molar-refractivity contribution is 5.69. The van der Waals surface area contributed by atoms with Crippen LogP contribution in [0.2, 0.25) is 0 Å². The van der Waals surface area contributed by atoms with Crippen LogP contribution in [0.25, 0.3) is 0 Å². The molecule has 19 heavy (non-hydrogen) atoms. The van der Waals surface area contributed by atoms with Gasteiger partial charge in [0.2, 0.25) is 0 Å². The van der Waals surface area contributed by atoms with Crippen LogP contribution in [0.3, 0.4) is 0 Å². The highest BCUT2D eigenvalue weighted by Crippen LogP contribution is 2.14. The van der Waals surface area contributed by atoms with Crippen LogP contribution in [-0.2, 0) is 22.5 Å². The number of hydrogen-bond donors (Lipinski definition) is 1. The Bertz CT molecular complexity index is 543. The molecule has 0 bridgehead atoms. The van der Waals surface area contributed by atoms with E-state index in [0.29, 0.717) is 5.69 Å². The van der Waals surface area contributed by atoms with Gasteiger partial charge in [0, 0.05) is 6.54 Å². The molecule has 0 atom stereocenters. The van der Waals surface area contributed by atoms with Crippen molar-refractivity contribution in [1.82, 2.24) is 9.55 Å². The van der Waals surface area contributed by atoms with Gasteiger partial charge in [0.1, 0.15) is 17.8 Å². The van der Waals surface area contributed by atoms with E-state index in [2.05, 4.69) is 10.3 Å². The van der Waals surface area contributed by atoms with Gasteiger partial charge in [-0.2, -0.15) is 0 Å². The van der Waals surface area contributed by atoms with E-state index >= 15 is 0 Å². The summed E-state index contributed by atoms with van der Waals surface area (Å²) in [6.07, 6.45) is 3.18. The van der Waals surface area contributed by atoms with Crippen molar-refractivity contribution < 1.29 is 9.53 Å². The molecule has 0 amide bonds. The number of fused-ring (bicyclic) bond motifs is 1. The summed E-state index contributed by atoms with van der Waals surface area (Å²) in [5, 5.41) is 3.04. The Kier molecular flexibility index (Phi) is 3.59. The van der Waals surface area contributed by atoms with E-state index in [1.807, 2.05) is 0 Å². The lowest BCUT2D eigenvalue weighted by molar-refractivity contribution is -0.155. The SMILES string of the molecule is CC(C)(C)OC(=O)Cn1cnc2c(c1=O)NCCC2. The summed E-state index contributed by atoms with van der Waals surface area (Å²) in [6, 6.07) is 0. The summed E-state index contributed by atoms with van der Waals surface area (Å²) in [5.41, 5.74) is 0.519. The second-order valence-corrected chi connectivity index (χ2v) is 5.62. The normalized spacial score (nSPS) is 14.5. The minimum absolute atomic E-state index is 0.113. The number of rotatable bonds is 2. The van der Waals surface area contributed by atoms with Crippen molar-refractivity contribution in [2.75, 3.05) is 11.9 Å². The van der Waals surface area contributed by atoms with Crippen molar-refractivity contribution >= 4 is 11.7 Å². The molecule has 2 heterocycles. The van der Waals surface area contributed by atoms with Gasteiger partial charge < -0.3 is 10.1 Å². The first kappa shape index (κ1) is 13.6. The Hall–Kier alpha value is -1.85. The third-order valence-corrected chi connectivity index (χ3v) is 2.73. The molecule has 104 valence electrons. The predicted octanol–water partition coefficient (Wildman–Crippen LogP) is 0.943. The number of nitrogens with zero attached hydrogens (tertiary/aromatic N) is 2. The molecule has 0 saturated carbocycles. The molecular formula is C13H19N3O3. The molecular weight excluding hydrogens is 246 g/mol. The van der Waals surface area contributed by atoms with Crippen molar-refractivity contribution in [3.05, 3.63) is 22.4 Å². The van der Waals surface area contributed by atoms with E-state index in [4.69, 9.17) is 4.74 Å². The zero-order valence-electron chi connectivity index (χ0n) is 11.5. The Labute approximate surface area is 111 Å². The summed E-state index contributed by atoms with van der Waals surface area (Å²) >= 11 is 0. The number of ether oxygens (including phenoxy) is 1. The van der Waals surface area contributed by atoms with Crippen LogP contribution in [0.1, 0.15) is 32.9 Å². The summed E-state index contributed by atoms with van der Waals surface area (Å²) < 4.78 is 6.48. The van der Waals surface area contributed by atoms with Gasteiger partial charge in [0.05, 0.1) is 12.0 Å². The molecule has 1 aromatic rings. The first-order valence-electron chi connectivity index (χ1n) is 6.41. The molecule has 0 aliphatic carbocycles. The molecule has 1 aliphatic rings. The number of nitrogens with one attached hydrogen (secondary N) is 1. The molecule has 2 rings (SSSR count). The third kappa shape index (κ3) is 3.33. The van der Waals surface area contributed by atoms with Crippen LogP contribution in [0, 0.1) is 0 Å². The van der Waals surface area contributed by atoms with Crippen molar-refractivity contribution in [2.45, 2.75) is 45.8 Å². The molecule has 6 heteroatoms. The fourth-order valence-electron chi connectivity index (χ4n) is 1.99. The summed E-state index contributed by atoms with van der Waals surface area (Å²) in [7, 11) is 0. The van der Waals surface area contributed by atoms with Gasteiger partial charge in [-0.15, -0.1) is 0 Å². The van der Waals surface area contributed by atoms with Crippen LogP contribution < -0.4 is 10.9 Å². The van der Waals surface area contributed by atoms with E-state index in [1.165, 1.54) is 10.9 Å². The Balaban J connectivity index is 2.18. The first-order chi connectivity index (χ1) is 8.87. The van der Waals surface area contributed by atoms with Gasteiger partial charge >= 0.3 is 5.97 Å². The molecule has 0 radical (unpaired) electrons. The minimum Gasteiger partial charge on any atom is -0.459 e. The van der Waals surface area contributed by atoms with E-state index in [1.54, 1.807) is 20.8 Å². The van der Waals surface area contributed by atoms with Gasteiger partial charge in [-0.3, -0.25) is 14.2 Å². The quantitative estimate of drug-likeness (QED) is 0.806. The van der Waals surface area contributed by atoms with Crippen molar-refractivity contribution in [1.29, 1.82) is 0 Å². The van der Waals surface area contributed by atoms with Crippen molar-refractivity contribution in [2.24, 2.45) is 0 Å². The maximum Gasteiger partial charge on any atom is 0.326 e. The standard InChI is InChI=1S/C13H19N3O3/c1-13(2,3)19-10(17)7-16-8-15-9-5-4-6-14-11(9)12(16)18/h8,14H,4-7H2,1-3H3. The van der Waals surface area contributed by atoms with Gasteiger partial charge in [-0.25, -0.2) is 4.98 Å². The Morgan fingerprint density at radius 3 is 2.95 bits per heavy atom. The molecule has 0 spiro atoms. The maximum absolute atomic E-state index is 12.2. The van der Waals surface area contributed by atoms with Crippen LogP contribution in [0.15, 0.2) is 11.1 Å². The molecule has 6 nitrogen and oxygen atoms in total. The molecule has 0 unspecified atom stereocenters. The Morgan fingerprint density at radius 1 is 1.53 bits per heavy atom. The van der Waals surface area contributed by atoms with E-state index in [-0.39, 0.29) is 12.1 Å². The smallest absolute Gasteiger partial charge is 0.326 e. The van der Waals surface area contributed by atoms with Gasteiger partial charge in [0.25, 0.3) is 5.56 Å². The summed E-state index contributed by atoms with van der Waals surface area (Å²) in [4.78, 5) is 28.1. The number of carbonyl (C=O) groups excluding carboxylic acids is 1. The zero-order chi connectivity index (χ0) is 14.0. The predicted molar refractivity (Wildman–Crippen MR) is 71.2 cm³/mol. The van der Waals surface area contributed by atoms with Crippen LogP contribution in [0.5, 0.6) is 0 Å². The second kappa shape index (κ2) is 5.03. The number of esters is 1. The molecule has 0 aromatic carbocycles. The molecule has 0 fully saturated rings. The lowest BCUT2D eigenvalue weighted by Gasteiger charge is -2.20. The number of carbonyl (C=O) groups is 1. The van der Waals surface area contributed by atoms with Crippen LogP contribution in [0.4, 0.5) is 5.69 Å². The summed E-state index contributed by atoms with van der Waals surface area (Å²) in [6.45, 7) is 6.03. The Morgan fingerprint density at radius 2 is 2.26 bits per heavy atom. The summed E-state index contributed by atoms with van der Waals surface area (Å²) in [5.74, 6) is -0.438. The van der Waals surface area contributed by atoms with Gasteiger partial charge in [-0.1, -0.05) is 0 Å². The minimum atomic E-state index is -0.555. The van der Waals surface area contributed by atoms with E-state index in [0.717, 1.165) is 25.1 Å². The van der Waals surface area contributed by atoms with Crippen molar-refractivity contribution in [3.8, 4) is 0 Å². The average molecular weight is 265 g/mol. The fourth-order valence-corrected chi connectivity index (χ4v) is 1.99.